The number of benzene rings is 1. The van der Waals surface area contributed by atoms with Crippen LogP contribution in [0.25, 0.3) is 0 Å². The Morgan fingerprint density at radius 1 is 1.33 bits per heavy atom. The van der Waals surface area contributed by atoms with Gasteiger partial charge in [0, 0.05) is 25.2 Å². The number of aromatic nitrogens is 2. The van der Waals surface area contributed by atoms with Gasteiger partial charge < -0.3 is 10.0 Å². The van der Waals surface area contributed by atoms with Crippen molar-refractivity contribution in [3.63, 3.8) is 0 Å². The van der Waals surface area contributed by atoms with E-state index in [9.17, 15) is 9.59 Å². The summed E-state index contributed by atoms with van der Waals surface area (Å²) in [5.74, 6) is -0.687. The fourth-order valence-electron chi connectivity index (χ4n) is 3.19. The number of rotatable bonds is 4. The average Bonchev–Trinajstić information content (AvgIpc) is 3.00. The van der Waals surface area contributed by atoms with Crippen LogP contribution < -0.4 is 0 Å². The first kappa shape index (κ1) is 16.2. The maximum Gasteiger partial charge on any atom is 0.335 e. The van der Waals surface area contributed by atoms with Gasteiger partial charge in [-0.15, -0.1) is 0 Å². The SMILES string of the molecule is Cc1ccn(CC(=O)N2CCC[C@@H](c3cccc(C(=O)O)c3)C2)n1. The van der Waals surface area contributed by atoms with Gasteiger partial charge in [0.1, 0.15) is 6.54 Å². The zero-order chi connectivity index (χ0) is 17.1. The second-order valence-electron chi connectivity index (χ2n) is 6.26. The van der Waals surface area contributed by atoms with Crippen LogP contribution in [0.5, 0.6) is 0 Å². The van der Waals surface area contributed by atoms with Crippen molar-refractivity contribution in [3.8, 4) is 0 Å². The number of nitrogens with zero attached hydrogens (tertiary/aromatic N) is 3. The van der Waals surface area contributed by atoms with Crippen molar-refractivity contribution in [2.75, 3.05) is 13.1 Å². The zero-order valence-corrected chi connectivity index (χ0v) is 13.7. The van der Waals surface area contributed by atoms with Gasteiger partial charge >= 0.3 is 5.97 Å². The highest BCUT2D eigenvalue weighted by Gasteiger charge is 2.25. The zero-order valence-electron chi connectivity index (χ0n) is 13.7. The molecule has 0 aliphatic carbocycles. The van der Waals surface area contributed by atoms with E-state index in [0.717, 1.165) is 30.6 Å². The fraction of sp³-hybridized carbons (Fsp3) is 0.389. The third-order valence-corrected chi connectivity index (χ3v) is 4.45. The van der Waals surface area contributed by atoms with Crippen molar-refractivity contribution in [1.82, 2.24) is 14.7 Å². The molecule has 1 amide bonds. The maximum atomic E-state index is 12.5. The number of carbonyl (C=O) groups is 2. The van der Waals surface area contributed by atoms with Gasteiger partial charge in [0.05, 0.1) is 11.3 Å². The Balaban J connectivity index is 1.68. The van der Waals surface area contributed by atoms with Crippen molar-refractivity contribution in [2.45, 2.75) is 32.2 Å². The first-order valence-electron chi connectivity index (χ1n) is 8.14. The molecule has 126 valence electrons. The number of carboxylic acid groups (broad SMARTS) is 1. The Kier molecular flexibility index (Phi) is 4.64. The normalized spacial score (nSPS) is 17.7. The predicted octanol–water partition coefficient (Wildman–Crippen LogP) is 2.30. The van der Waals surface area contributed by atoms with Gasteiger partial charge in [-0.3, -0.25) is 9.48 Å². The highest BCUT2D eigenvalue weighted by Crippen LogP contribution is 2.27. The van der Waals surface area contributed by atoms with Crippen LogP contribution in [0.3, 0.4) is 0 Å². The van der Waals surface area contributed by atoms with Gasteiger partial charge in [0.25, 0.3) is 0 Å². The van der Waals surface area contributed by atoms with E-state index < -0.39 is 5.97 Å². The topological polar surface area (TPSA) is 75.4 Å². The summed E-state index contributed by atoms with van der Waals surface area (Å²) in [7, 11) is 0. The molecule has 1 fully saturated rings. The molecule has 1 N–H and O–H groups in total. The molecule has 1 aromatic heterocycles. The van der Waals surface area contributed by atoms with Crippen LogP contribution in [0.15, 0.2) is 36.5 Å². The van der Waals surface area contributed by atoms with Gasteiger partial charge in [-0.25, -0.2) is 4.79 Å². The highest BCUT2D eigenvalue weighted by molar-refractivity contribution is 5.87. The number of likely N-dealkylation sites (tertiary alicyclic amines) is 1. The number of amides is 1. The third-order valence-electron chi connectivity index (χ3n) is 4.45. The number of aryl methyl sites for hydroxylation is 1. The molecule has 1 saturated heterocycles. The maximum absolute atomic E-state index is 12.5. The predicted molar refractivity (Wildman–Crippen MR) is 88.9 cm³/mol. The molecule has 1 aliphatic heterocycles. The summed E-state index contributed by atoms with van der Waals surface area (Å²) < 4.78 is 1.66. The lowest BCUT2D eigenvalue weighted by Gasteiger charge is -2.33. The quantitative estimate of drug-likeness (QED) is 0.935. The smallest absolute Gasteiger partial charge is 0.335 e. The standard InChI is InChI=1S/C18H21N3O3/c1-13-7-9-21(19-13)12-17(22)20-8-3-6-16(11-20)14-4-2-5-15(10-14)18(23)24/h2,4-5,7,9-10,16H,3,6,8,11-12H2,1H3,(H,23,24)/t16-/m1/s1. The van der Waals surface area contributed by atoms with Gasteiger partial charge in [-0.05, 0) is 43.5 Å². The fourth-order valence-corrected chi connectivity index (χ4v) is 3.19. The average molecular weight is 327 g/mol. The Morgan fingerprint density at radius 3 is 2.88 bits per heavy atom. The second-order valence-corrected chi connectivity index (χ2v) is 6.26. The molecule has 6 heteroatoms. The number of piperidine rings is 1. The summed E-state index contributed by atoms with van der Waals surface area (Å²) in [6.45, 7) is 3.51. The minimum atomic E-state index is -0.922. The Hall–Kier alpha value is -2.63. The van der Waals surface area contributed by atoms with E-state index in [0.29, 0.717) is 12.1 Å². The minimum Gasteiger partial charge on any atom is -0.478 e. The molecule has 2 aromatic rings. The van der Waals surface area contributed by atoms with Crippen molar-refractivity contribution in [2.24, 2.45) is 0 Å². The number of aromatic carboxylic acids is 1. The van der Waals surface area contributed by atoms with Crippen molar-refractivity contribution in [3.05, 3.63) is 53.3 Å². The van der Waals surface area contributed by atoms with E-state index in [1.807, 2.05) is 30.2 Å². The van der Waals surface area contributed by atoms with Gasteiger partial charge in [0.15, 0.2) is 0 Å². The first-order chi connectivity index (χ1) is 11.5. The van der Waals surface area contributed by atoms with Crippen LogP contribution in [0.1, 0.15) is 40.4 Å². The molecule has 0 bridgehead atoms. The molecule has 0 saturated carbocycles. The Labute approximate surface area is 140 Å². The van der Waals surface area contributed by atoms with Crippen LogP contribution in [0.2, 0.25) is 0 Å². The summed E-state index contributed by atoms with van der Waals surface area (Å²) in [5.41, 5.74) is 2.18. The monoisotopic (exact) mass is 327 g/mol. The van der Waals surface area contributed by atoms with E-state index >= 15 is 0 Å². The molecule has 0 unspecified atom stereocenters. The molecule has 1 atom stereocenters. The molecule has 0 spiro atoms. The molecule has 24 heavy (non-hydrogen) atoms. The second kappa shape index (κ2) is 6.86. The lowest BCUT2D eigenvalue weighted by atomic mass is 9.89. The highest BCUT2D eigenvalue weighted by atomic mass is 16.4. The summed E-state index contributed by atoms with van der Waals surface area (Å²) in [5, 5.41) is 13.4. The summed E-state index contributed by atoms with van der Waals surface area (Å²) >= 11 is 0. The van der Waals surface area contributed by atoms with Crippen LogP contribution in [0, 0.1) is 6.92 Å². The van der Waals surface area contributed by atoms with Crippen LogP contribution in [-0.4, -0.2) is 44.8 Å². The van der Waals surface area contributed by atoms with Crippen LogP contribution >= 0.6 is 0 Å². The van der Waals surface area contributed by atoms with Crippen LogP contribution in [-0.2, 0) is 11.3 Å². The van der Waals surface area contributed by atoms with E-state index in [1.54, 1.807) is 22.9 Å². The number of carbonyl (C=O) groups excluding carboxylic acids is 1. The summed E-state index contributed by atoms with van der Waals surface area (Å²) in [6, 6.07) is 8.91. The van der Waals surface area contributed by atoms with Crippen molar-refractivity contribution in [1.29, 1.82) is 0 Å². The van der Waals surface area contributed by atoms with E-state index in [2.05, 4.69) is 5.10 Å². The summed E-state index contributed by atoms with van der Waals surface area (Å²) in [4.78, 5) is 25.5. The molecule has 2 heterocycles. The minimum absolute atomic E-state index is 0.0530. The summed E-state index contributed by atoms with van der Waals surface area (Å²) in [6.07, 6.45) is 3.70. The first-order valence-corrected chi connectivity index (χ1v) is 8.14. The van der Waals surface area contributed by atoms with Gasteiger partial charge in [0.2, 0.25) is 5.91 Å². The van der Waals surface area contributed by atoms with Gasteiger partial charge in [-0.1, -0.05) is 12.1 Å². The van der Waals surface area contributed by atoms with E-state index in [4.69, 9.17) is 5.11 Å². The van der Waals surface area contributed by atoms with Gasteiger partial charge in [-0.2, -0.15) is 5.10 Å². The lowest BCUT2D eigenvalue weighted by molar-refractivity contribution is -0.133. The molecular formula is C18H21N3O3. The molecular weight excluding hydrogens is 306 g/mol. The van der Waals surface area contributed by atoms with Crippen molar-refractivity contribution < 1.29 is 14.7 Å². The molecule has 1 aliphatic rings. The number of carboxylic acids is 1. The largest absolute Gasteiger partial charge is 0.478 e. The van der Waals surface area contributed by atoms with E-state index in [1.165, 1.54) is 0 Å². The number of hydrogen-bond acceptors (Lipinski definition) is 3. The third kappa shape index (κ3) is 3.64. The molecule has 0 radical (unpaired) electrons. The van der Waals surface area contributed by atoms with Crippen LogP contribution in [0.4, 0.5) is 0 Å². The van der Waals surface area contributed by atoms with Crippen molar-refractivity contribution >= 4 is 11.9 Å². The number of hydrogen-bond donors (Lipinski definition) is 1. The Bertz CT molecular complexity index is 753. The van der Waals surface area contributed by atoms with E-state index in [-0.39, 0.29) is 18.4 Å². The molecule has 3 rings (SSSR count). The Morgan fingerprint density at radius 2 is 2.17 bits per heavy atom. The lowest BCUT2D eigenvalue weighted by Crippen LogP contribution is -2.40. The molecule has 1 aromatic carbocycles. The molecule has 6 nitrogen and oxygen atoms in total.